The van der Waals surface area contributed by atoms with Gasteiger partial charge >= 0.3 is 0 Å². The number of hydrogen-bond acceptors (Lipinski definition) is 3. The van der Waals surface area contributed by atoms with E-state index in [2.05, 4.69) is 62.3 Å². The Balaban J connectivity index is 4.91. The molecule has 164 valence electrons. The van der Waals surface area contributed by atoms with Crippen LogP contribution in [0.25, 0.3) is 0 Å². The van der Waals surface area contributed by atoms with E-state index in [4.69, 9.17) is 9.47 Å². The number of rotatable bonds is 15. The lowest BCUT2D eigenvalue weighted by molar-refractivity contribution is -0.156. The van der Waals surface area contributed by atoms with Crippen LogP contribution in [0.5, 0.6) is 0 Å². The molecule has 2 atom stereocenters. The van der Waals surface area contributed by atoms with Crippen LogP contribution in [-0.2, 0) is 9.47 Å². The summed E-state index contributed by atoms with van der Waals surface area (Å²) in [6.07, 6.45) is 6.90. The molecule has 0 aromatic heterocycles. The third-order valence-corrected chi connectivity index (χ3v) is 5.38. The van der Waals surface area contributed by atoms with Crippen LogP contribution in [0.15, 0.2) is 0 Å². The summed E-state index contributed by atoms with van der Waals surface area (Å²) in [5, 5.41) is 10.8. The van der Waals surface area contributed by atoms with Gasteiger partial charge in [-0.15, -0.1) is 0 Å². The highest BCUT2D eigenvalue weighted by Crippen LogP contribution is 2.35. The molecule has 0 saturated carbocycles. The second-order valence-corrected chi connectivity index (χ2v) is 10.8. The molecule has 0 fully saturated rings. The summed E-state index contributed by atoms with van der Waals surface area (Å²) < 4.78 is 12.4. The van der Waals surface area contributed by atoms with Gasteiger partial charge in [0.05, 0.1) is 22.9 Å². The molecule has 0 aliphatic heterocycles. The van der Waals surface area contributed by atoms with Crippen LogP contribution in [0, 0.1) is 11.8 Å². The quantitative estimate of drug-likeness (QED) is 0.338. The van der Waals surface area contributed by atoms with Crippen molar-refractivity contribution >= 4 is 0 Å². The fourth-order valence-corrected chi connectivity index (χ4v) is 3.34. The Bertz CT molecular complexity index is 385. The molecule has 3 heteroatoms. The minimum atomic E-state index is -0.613. The molecule has 0 aliphatic carbocycles. The summed E-state index contributed by atoms with van der Waals surface area (Å²) in [7, 11) is 0. The molecular formula is C24H50O3. The third-order valence-electron chi connectivity index (χ3n) is 5.38. The van der Waals surface area contributed by atoms with Gasteiger partial charge < -0.3 is 14.6 Å². The summed E-state index contributed by atoms with van der Waals surface area (Å²) in [6.45, 7) is 22.4. The summed E-state index contributed by atoms with van der Waals surface area (Å²) in [5.74, 6) is 1.28. The maximum absolute atomic E-state index is 10.8. The average molecular weight is 387 g/mol. The number of hydrogen-bond donors (Lipinski definition) is 1. The Morgan fingerprint density at radius 2 is 1.22 bits per heavy atom. The second-order valence-electron chi connectivity index (χ2n) is 10.8. The summed E-state index contributed by atoms with van der Waals surface area (Å²) in [5.41, 5.74) is -1.06. The SMILES string of the molecule is CC(C)CCC(C)(O)CCC(C)(CCC(C)C)OC(C)(C)CCOC(C)C. The van der Waals surface area contributed by atoms with Gasteiger partial charge in [0.1, 0.15) is 0 Å². The minimum absolute atomic E-state index is 0.215. The number of ether oxygens (including phenoxy) is 2. The highest BCUT2D eigenvalue weighted by atomic mass is 16.5. The van der Waals surface area contributed by atoms with Crippen molar-refractivity contribution in [2.45, 2.75) is 137 Å². The zero-order chi connectivity index (χ0) is 21.3. The highest BCUT2D eigenvalue weighted by molar-refractivity contribution is 4.85. The monoisotopic (exact) mass is 386 g/mol. The van der Waals surface area contributed by atoms with Crippen LogP contribution in [-0.4, -0.2) is 34.6 Å². The van der Waals surface area contributed by atoms with Crippen LogP contribution < -0.4 is 0 Å². The fourth-order valence-electron chi connectivity index (χ4n) is 3.34. The molecule has 1 N–H and O–H groups in total. The van der Waals surface area contributed by atoms with Crippen LogP contribution in [0.3, 0.4) is 0 Å². The molecule has 0 saturated heterocycles. The van der Waals surface area contributed by atoms with E-state index < -0.39 is 5.60 Å². The Morgan fingerprint density at radius 3 is 1.70 bits per heavy atom. The van der Waals surface area contributed by atoms with Gasteiger partial charge in [-0.3, -0.25) is 0 Å². The van der Waals surface area contributed by atoms with E-state index >= 15 is 0 Å². The minimum Gasteiger partial charge on any atom is -0.390 e. The van der Waals surface area contributed by atoms with E-state index in [-0.39, 0.29) is 17.3 Å². The van der Waals surface area contributed by atoms with Gasteiger partial charge in [0.2, 0.25) is 0 Å². The Kier molecular flexibility index (Phi) is 11.7. The lowest BCUT2D eigenvalue weighted by Gasteiger charge is -2.41. The van der Waals surface area contributed by atoms with Gasteiger partial charge in [-0.05, 0) is 98.3 Å². The zero-order valence-corrected chi connectivity index (χ0v) is 20.2. The Hall–Kier alpha value is -0.120. The van der Waals surface area contributed by atoms with Crippen LogP contribution >= 0.6 is 0 Å². The molecule has 2 unspecified atom stereocenters. The predicted molar refractivity (Wildman–Crippen MR) is 117 cm³/mol. The molecule has 0 bridgehead atoms. The molecule has 0 amide bonds. The van der Waals surface area contributed by atoms with Crippen LogP contribution in [0.1, 0.15) is 114 Å². The van der Waals surface area contributed by atoms with Gasteiger partial charge in [0.25, 0.3) is 0 Å². The Labute approximate surface area is 170 Å². The highest BCUT2D eigenvalue weighted by Gasteiger charge is 2.35. The first kappa shape index (κ1) is 26.9. The lowest BCUT2D eigenvalue weighted by atomic mass is 9.83. The van der Waals surface area contributed by atoms with Crippen molar-refractivity contribution in [2.75, 3.05) is 6.61 Å². The van der Waals surface area contributed by atoms with Crippen molar-refractivity contribution in [3.05, 3.63) is 0 Å². The Morgan fingerprint density at radius 1 is 0.704 bits per heavy atom. The molecular weight excluding hydrogens is 336 g/mol. The van der Waals surface area contributed by atoms with Gasteiger partial charge in [-0.25, -0.2) is 0 Å². The molecule has 0 spiro atoms. The maximum Gasteiger partial charge on any atom is 0.0663 e. The van der Waals surface area contributed by atoms with Gasteiger partial charge in [-0.2, -0.15) is 0 Å². The van der Waals surface area contributed by atoms with E-state index in [9.17, 15) is 5.11 Å². The first-order valence-electron chi connectivity index (χ1n) is 11.2. The van der Waals surface area contributed by atoms with Crippen molar-refractivity contribution in [3.8, 4) is 0 Å². The molecule has 0 radical (unpaired) electrons. The van der Waals surface area contributed by atoms with E-state index in [0.29, 0.717) is 11.8 Å². The summed E-state index contributed by atoms with van der Waals surface area (Å²) in [6, 6.07) is 0. The topological polar surface area (TPSA) is 38.7 Å². The summed E-state index contributed by atoms with van der Waals surface area (Å²) >= 11 is 0. The van der Waals surface area contributed by atoms with Crippen molar-refractivity contribution in [3.63, 3.8) is 0 Å². The van der Waals surface area contributed by atoms with Crippen molar-refractivity contribution in [1.82, 2.24) is 0 Å². The van der Waals surface area contributed by atoms with E-state index in [1.165, 1.54) is 0 Å². The molecule has 3 nitrogen and oxygen atoms in total. The lowest BCUT2D eigenvalue weighted by Crippen LogP contribution is -2.42. The van der Waals surface area contributed by atoms with Gasteiger partial charge in [0, 0.05) is 6.61 Å². The second kappa shape index (κ2) is 11.8. The third kappa shape index (κ3) is 14.5. The first-order chi connectivity index (χ1) is 12.2. The number of aliphatic hydroxyl groups is 1. The van der Waals surface area contributed by atoms with Crippen LogP contribution in [0.4, 0.5) is 0 Å². The smallest absolute Gasteiger partial charge is 0.0663 e. The summed E-state index contributed by atoms with van der Waals surface area (Å²) in [4.78, 5) is 0. The van der Waals surface area contributed by atoms with Gasteiger partial charge in [-0.1, -0.05) is 27.7 Å². The van der Waals surface area contributed by atoms with Crippen molar-refractivity contribution in [2.24, 2.45) is 11.8 Å². The first-order valence-corrected chi connectivity index (χ1v) is 11.2. The normalized spacial score (nSPS) is 17.6. The maximum atomic E-state index is 10.8. The molecule has 27 heavy (non-hydrogen) atoms. The fraction of sp³-hybridized carbons (Fsp3) is 1.00. The molecule has 0 aliphatic rings. The average Bonchev–Trinajstić information content (AvgIpc) is 2.48. The molecule has 0 heterocycles. The zero-order valence-electron chi connectivity index (χ0n) is 20.2. The van der Waals surface area contributed by atoms with Gasteiger partial charge in [0.15, 0.2) is 0 Å². The van der Waals surface area contributed by atoms with Crippen molar-refractivity contribution in [1.29, 1.82) is 0 Å². The standard InChI is InChI=1S/C24H50O3/c1-19(2)11-13-23(9,25)15-16-24(10,14-12-20(3)4)27-22(7,8)17-18-26-21(5)6/h19-21,25H,11-18H2,1-10H3. The van der Waals surface area contributed by atoms with E-state index in [0.717, 1.165) is 51.6 Å². The molecule has 0 aromatic carbocycles. The van der Waals surface area contributed by atoms with E-state index in [1.807, 2.05) is 6.92 Å². The molecule has 0 rings (SSSR count). The predicted octanol–water partition coefficient (Wildman–Crippen LogP) is 6.76. The van der Waals surface area contributed by atoms with Crippen LogP contribution in [0.2, 0.25) is 0 Å². The van der Waals surface area contributed by atoms with Crippen molar-refractivity contribution < 1.29 is 14.6 Å². The molecule has 0 aromatic rings. The largest absolute Gasteiger partial charge is 0.390 e. The van der Waals surface area contributed by atoms with E-state index in [1.54, 1.807) is 0 Å².